The smallest absolute Gasteiger partial charge is 2.00 e. The van der Waals surface area contributed by atoms with Crippen LogP contribution >= 0.6 is 0 Å². The van der Waals surface area contributed by atoms with E-state index < -0.39 is 0 Å². The summed E-state index contributed by atoms with van der Waals surface area (Å²) in [6.45, 7) is 0. The van der Waals surface area contributed by atoms with Gasteiger partial charge in [0.15, 0.2) is 0 Å². The number of hydrogen-bond donors (Lipinski definition) is 4. The summed E-state index contributed by atoms with van der Waals surface area (Å²) in [4.78, 5) is 9.61. The van der Waals surface area contributed by atoms with E-state index in [0.717, 1.165) is 0 Å². The topological polar surface area (TPSA) is 207 Å². The van der Waals surface area contributed by atoms with E-state index in [2.05, 4.69) is 9.98 Å². The maximum absolute atomic E-state index is 7.01. The van der Waals surface area contributed by atoms with E-state index in [4.69, 9.17) is 33.8 Å². The van der Waals surface area contributed by atoms with Gasteiger partial charge in [0.05, 0.1) is 0 Å². The number of hydrogen-bond acceptors (Lipinski definition) is 2. The first kappa shape index (κ1) is 26.6. The Morgan fingerprint density at radius 2 is 1.05 bits per heavy atom. The van der Waals surface area contributed by atoms with Crippen molar-refractivity contribution >= 4 is 23.8 Å². The third-order valence-electron chi connectivity index (χ3n) is 1.30. The van der Waals surface area contributed by atoms with Crippen LogP contribution in [0.3, 0.4) is 0 Å². The minimum atomic E-state index is -0.339. The van der Waals surface area contributed by atoms with Crippen LogP contribution in [0.15, 0.2) is 9.98 Å². The minimum Gasteiger partial charge on any atom is -2.00 e. The molecule has 0 spiro atoms. The van der Waals surface area contributed by atoms with Gasteiger partial charge in [0.25, 0.3) is 0 Å². The quantitative estimate of drug-likeness (QED) is 0.345. The van der Waals surface area contributed by atoms with Gasteiger partial charge in [-0.15, -0.1) is 0 Å². The number of aliphatic imine (C=N–C) groups is 2. The monoisotopic (exact) mass is 323 g/mol. The van der Waals surface area contributed by atoms with Crippen LogP contribution in [0.4, 0.5) is 0 Å². The fourth-order valence-electron chi connectivity index (χ4n) is 0.428. The molecule has 0 atom stereocenters. The summed E-state index contributed by atoms with van der Waals surface area (Å²) >= 11 is 0. The van der Waals surface area contributed by atoms with Gasteiger partial charge in [0.1, 0.15) is 11.9 Å². The number of nitrogens with one attached hydrogen (secondary N) is 4. The Bertz CT molecular complexity index is 317. The molecule has 0 aliphatic carbocycles. The SMILES string of the molecule is CN(C)/C([NH-])=N/C(=N)N.CN(C)/C([NH-])=N\C(=N)N.[O-2].[V+4]. The van der Waals surface area contributed by atoms with E-state index in [1.807, 2.05) is 0 Å². The van der Waals surface area contributed by atoms with E-state index in [1.165, 1.54) is 9.80 Å². The summed E-state index contributed by atoms with van der Waals surface area (Å²) in [5.74, 6) is -0.701. The summed E-state index contributed by atoms with van der Waals surface area (Å²) < 4.78 is 0. The van der Waals surface area contributed by atoms with E-state index in [-0.39, 0.29) is 47.9 Å². The molecule has 1 radical (unpaired) electrons. The van der Waals surface area contributed by atoms with Crippen LogP contribution in [0, 0.1) is 10.8 Å². The molecular weight excluding hydrogens is 303 g/mol. The molecule has 0 aliphatic heterocycles. The zero-order valence-electron chi connectivity index (χ0n) is 11.8. The second-order valence-corrected chi connectivity index (χ2v) is 3.43. The molecule has 0 saturated carbocycles. The van der Waals surface area contributed by atoms with Crippen molar-refractivity contribution in [1.29, 1.82) is 10.8 Å². The molecule has 12 heteroatoms. The molecule has 113 valence electrons. The van der Waals surface area contributed by atoms with Gasteiger partial charge in [-0.25, -0.2) is 0 Å². The fraction of sp³-hybridized carbons (Fsp3) is 0.500. The van der Waals surface area contributed by atoms with Crippen LogP contribution in [-0.2, 0) is 24.0 Å². The van der Waals surface area contributed by atoms with Crippen LogP contribution < -0.4 is 11.5 Å². The number of rotatable bonds is 0. The maximum atomic E-state index is 7.01. The van der Waals surface area contributed by atoms with Crippen LogP contribution in [0.25, 0.3) is 11.5 Å². The predicted octanol–water partition coefficient (Wildman–Crippen LogP) is -0.422. The molecule has 0 heterocycles. The Labute approximate surface area is 130 Å². The van der Waals surface area contributed by atoms with E-state index in [0.29, 0.717) is 0 Å². The Balaban J connectivity index is -0.000000116. The molecule has 0 aromatic carbocycles. The standard InChI is InChI=1S/2C4H10N5.O.V/c2*1-9(2)4(7)8-3(5)6;;/h2*1-2H3,(H4-,5,6,7,8);;/q2*-1;-2;+4. The van der Waals surface area contributed by atoms with Crippen molar-refractivity contribution in [1.82, 2.24) is 9.80 Å². The van der Waals surface area contributed by atoms with Crippen molar-refractivity contribution in [2.24, 2.45) is 21.5 Å². The Hall–Kier alpha value is -1.98. The summed E-state index contributed by atoms with van der Waals surface area (Å²) in [6.07, 6.45) is 0. The summed E-state index contributed by atoms with van der Waals surface area (Å²) in [5, 5.41) is 13.3. The first-order chi connectivity index (χ1) is 8.07. The van der Waals surface area contributed by atoms with Gasteiger partial charge < -0.3 is 48.2 Å². The van der Waals surface area contributed by atoms with Gasteiger partial charge in [-0.2, -0.15) is 0 Å². The molecule has 0 aromatic rings. The van der Waals surface area contributed by atoms with Gasteiger partial charge in [-0.05, 0) is 28.2 Å². The second kappa shape index (κ2) is 13.5. The van der Waals surface area contributed by atoms with Crippen LogP contribution in [-0.4, -0.2) is 61.8 Å². The minimum absolute atomic E-state index is 0. The molecule has 0 fully saturated rings. The van der Waals surface area contributed by atoms with Crippen molar-refractivity contribution in [3.8, 4) is 0 Å². The normalized spacial score (nSPS) is 10.0. The predicted molar refractivity (Wildman–Crippen MR) is 75.4 cm³/mol. The van der Waals surface area contributed by atoms with Crippen molar-refractivity contribution in [2.75, 3.05) is 28.2 Å². The molecule has 0 saturated heterocycles. The summed E-state index contributed by atoms with van der Waals surface area (Å²) in [5.41, 5.74) is 23.8. The third kappa shape index (κ3) is 18.4. The molecule has 0 bridgehead atoms. The molecule has 8 N–H and O–H groups in total. The van der Waals surface area contributed by atoms with E-state index >= 15 is 0 Å². The first-order valence-corrected chi connectivity index (χ1v) is 4.71. The zero-order valence-corrected chi connectivity index (χ0v) is 13.2. The first-order valence-electron chi connectivity index (χ1n) is 4.71. The Kier molecular flexibility index (Phi) is 17.9. The largest absolute Gasteiger partial charge is 4.00 e. The van der Waals surface area contributed by atoms with Gasteiger partial charge in [-0.1, -0.05) is 0 Å². The molecule has 0 rings (SSSR count). The second-order valence-electron chi connectivity index (χ2n) is 3.43. The van der Waals surface area contributed by atoms with Gasteiger partial charge in [0.2, 0.25) is 0 Å². The van der Waals surface area contributed by atoms with Crippen molar-refractivity contribution in [3.63, 3.8) is 0 Å². The van der Waals surface area contributed by atoms with Crippen LogP contribution in [0.2, 0.25) is 0 Å². The van der Waals surface area contributed by atoms with Crippen LogP contribution in [0.1, 0.15) is 0 Å². The Morgan fingerprint density at radius 3 is 1.10 bits per heavy atom. The van der Waals surface area contributed by atoms with Crippen molar-refractivity contribution < 1.29 is 24.0 Å². The molecule has 0 unspecified atom stereocenters. The van der Waals surface area contributed by atoms with Crippen molar-refractivity contribution in [3.05, 3.63) is 11.5 Å². The van der Waals surface area contributed by atoms with Crippen LogP contribution in [0.5, 0.6) is 0 Å². The maximum Gasteiger partial charge on any atom is 4.00 e. The molecular formula is C8H20N10OV. The zero-order chi connectivity index (χ0) is 14.9. The fourth-order valence-corrected chi connectivity index (χ4v) is 0.428. The number of guanidine groups is 4. The van der Waals surface area contributed by atoms with E-state index in [1.54, 1.807) is 28.2 Å². The summed E-state index contributed by atoms with van der Waals surface area (Å²) in [7, 11) is 6.65. The summed E-state index contributed by atoms with van der Waals surface area (Å²) in [6, 6.07) is 0. The average molecular weight is 323 g/mol. The molecule has 20 heavy (non-hydrogen) atoms. The van der Waals surface area contributed by atoms with E-state index in [9.17, 15) is 0 Å². The van der Waals surface area contributed by atoms with Crippen molar-refractivity contribution in [2.45, 2.75) is 0 Å². The molecule has 0 aliphatic rings. The molecule has 0 aromatic heterocycles. The molecule has 0 amide bonds. The number of nitrogens with two attached hydrogens (primary N) is 2. The van der Waals surface area contributed by atoms with Gasteiger partial charge in [0, 0.05) is 11.9 Å². The third-order valence-corrected chi connectivity index (χ3v) is 1.30. The van der Waals surface area contributed by atoms with Gasteiger partial charge in [-0.3, -0.25) is 10.8 Å². The average Bonchev–Trinajstić information content (AvgIpc) is 2.16. The molecule has 11 nitrogen and oxygen atoms in total. The van der Waals surface area contributed by atoms with Gasteiger partial charge >= 0.3 is 18.6 Å². The Morgan fingerprint density at radius 1 is 0.850 bits per heavy atom. The number of nitrogens with zero attached hydrogens (tertiary/aromatic N) is 4.